The lowest BCUT2D eigenvalue weighted by Crippen LogP contribution is -2.15. The quantitative estimate of drug-likeness (QED) is 0.563. The lowest BCUT2D eigenvalue weighted by Gasteiger charge is -2.12. The number of pyridine rings is 1. The second-order valence-corrected chi connectivity index (χ2v) is 6.08. The van der Waals surface area contributed by atoms with Crippen LogP contribution < -0.4 is 20.5 Å². The Morgan fingerprint density at radius 3 is 2.89 bits per heavy atom. The second kappa shape index (κ2) is 6.23. The van der Waals surface area contributed by atoms with Gasteiger partial charge in [-0.15, -0.1) is 0 Å². The van der Waals surface area contributed by atoms with Crippen LogP contribution in [0.4, 0.5) is 11.8 Å². The zero-order valence-electron chi connectivity index (χ0n) is 14.5. The summed E-state index contributed by atoms with van der Waals surface area (Å²) in [6.45, 7) is 0.202. The van der Waals surface area contributed by atoms with Gasteiger partial charge >= 0.3 is 0 Å². The van der Waals surface area contributed by atoms with Gasteiger partial charge < -0.3 is 20.5 Å². The van der Waals surface area contributed by atoms with E-state index in [-0.39, 0.29) is 12.4 Å². The largest absolute Gasteiger partial charge is 0.454 e. The zero-order chi connectivity index (χ0) is 19.1. The van der Waals surface area contributed by atoms with E-state index in [1.165, 1.54) is 0 Å². The van der Waals surface area contributed by atoms with Crippen LogP contribution in [0.15, 0.2) is 55.0 Å². The molecular weight excluding hydrogens is 360 g/mol. The van der Waals surface area contributed by atoms with Crippen molar-refractivity contribution in [3.63, 3.8) is 0 Å². The third-order valence-corrected chi connectivity index (χ3v) is 4.36. The van der Waals surface area contributed by atoms with Gasteiger partial charge in [-0.2, -0.15) is 0 Å². The number of carbonyl (C=O) groups is 1. The Morgan fingerprint density at radius 2 is 2.00 bits per heavy atom. The van der Waals surface area contributed by atoms with Crippen LogP contribution in [-0.2, 0) is 0 Å². The molecule has 4 aromatic rings. The maximum atomic E-state index is 11.7. The molecule has 0 bridgehead atoms. The number of aromatic nitrogens is 4. The number of hydrogen-bond donors (Lipinski definition) is 2. The maximum absolute atomic E-state index is 11.7. The minimum atomic E-state index is -0.579. The Balaban J connectivity index is 1.62. The van der Waals surface area contributed by atoms with Crippen LogP contribution in [0, 0.1) is 0 Å². The van der Waals surface area contributed by atoms with Crippen molar-refractivity contribution in [2.24, 2.45) is 5.73 Å². The van der Waals surface area contributed by atoms with Crippen molar-refractivity contribution in [3.8, 4) is 22.8 Å². The summed E-state index contributed by atoms with van der Waals surface area (Å²) in [6, 6.07) is 10.7. The molecule has 1 aromatic carbocycles. The van der Waals surface area contributed by atoms with Gasteiger partial charge in [0.05, 0.1) is 11.3 Å². The molecule has 138 valence electrons. The maximum Gasteiger partial charge on any atom is 0.252 e. The SMILES string of the molecule is NC(=O)c1cccnc1Nc1nc(-c2ccc3c(c2)OCO3)cc2nccn12. The lowest BCUT2D eigenvalue weighted by molar-refractivity contribution is 0.100. The molecule has 1 aliphatic rings. The highest BCUT2D eigenvalue weighted by Gasteiger charge is 2.17. The first-order valence-electron chi connectivity index (χ1n) is 8.45. The summed E-state index contributed by atoms with van der Waals surface area (Å²) in [6.07, 6.45) is 5.00. The number of nitrogens with one attached hydrogen (secondary N) is 1. The van der Waals surface area contributed by atoms with E-state index in [2.05, 4.69) is 20.3 Å². The fourth-order valence-electron chi connectivity index (χ4n) is 3.02. The Labute approximate surface area is 158 Å². The predicted octanol–water partition coefficient (Wildman–Crippen LogP) is 2.36. The first-order valence-corrected chi connectivity index (χ1v) is 8.45. The molecule has 0 atom stereocenters. The van der Waals surface area contributed by atoms with Gasteiger partial charge in [-0.3, -0.25) is 9.20 Å². The molecule has 28 heavy (non-hydrogen) atoms. The number of rotatable bonds is 4. The third kappa shape index (κ3) is 2.65. The number of nitrogens with two attached hydrogens (primary N) is 1. The van der Waals surface area contributed by atoms with E-state index in [0.29, 0.717) is 34.6 Å². The van der Waals surface area contributed by atoms with E-state index in [4.69, 9.17) is 15.2 Å². The number of amides is 1. The first-order chi connectivity index (χ1) is 13.7. The summed E-state index contributed by atoms with van der Waals surface area (Å²) >= 11 is 0. The van der Waals surface area contributed by atoms with Crippen molar-refractivity contribution in [1.82, 2.24) is 19.4 Å². The van der Waals surface area contributed by atoms with Gasteiger partial charge in [0.1, 0.15) is 11.5 Å². The Bertz CT molecular complexity index is 1220. The molecule has 1 aliphatic heterocycles. The molecule has 0 saturated carbocycles. The van der Waals surface area contributed by atoms with Gasteiger partial charge in [0.2, 0.25) is 12.7 Å². The number of benzene rings is 1. The summed E-state index contributed by atoms with van der Waals surface area (Å²) in [5.74, 6) is 1.55. The third-order valence-electron chi connectivity index (χ3n) is 4.36. The molecule has 0 fully saturated rings. The van der Waals surface area contributed by atoms with Crippen LogP contribution in [0.5, 0.6) is 11.5 Å². The Kier molecular flexibility index (Phi) is 3.58. The van der Waals surface area contributed by atoms with E-state index >= 15 is 0 Å². The number of imidazole rings is 1. The van der Waals surface area contributed by atoms with E-state index < -0.39 is 5.91 Å². The standard InChI is InChI=1S/C19H14N6O3/c20-17(26)12-2-1-5-22-18(12)24-19-23-13(9-16-21-6-7-25(16)19)11-3-4-14-15(8-11)28-10-27-14/h1-9H,10H2,(H2,20,26)(H,22,23,24). The molecule has 0 saturated heterocycles. The number of anilines is 2. The van der Waals surface area contributed by atoms with Gasteiger partial charge in [0.15, 0.2) is 11.5 Å². The molecule has 9 heteroatoms. The number of ether oxygens (including phenoxy) is 2. The van der Waals surface area contributed by atoms with Crippen LogP contribution in [0.1, 0.15) is 10.4 Å². The molecule has 5 rings (SSSR count). The highest BCUT2D eigenvalue weighted by atomic mass is 16.7. The van der Waals surface area contributed by atoms with E-state index in [9.17, 15) is 4.79 Å². The smallest absolute Gasteiger partial charge is 0.252 e. The minimum Gasteiger partial charge on any atom is -0.454 e. The van der Waals surface area contributed by atoms with Gasteiger partial charge in [-0.1, -0.05) is 0 Å². The lowest BCUT2D eigenvalue weighted by atomic mass is 10.1. The van der Waals surface area contributed by atoms with Crippen molar-refractivity contribution >= 4 is 23.3 Å². The van der Waals surface area contributed by atoms with E-state index in [1.54, 1.807) is 35.1 Å². The normalized spacial score (nSPS) is 12.3. The molecule has 4 heterocycles. The van der Waals surface area contributed by atoms with Crippen molar-refractivity contribution < 1.29 is 14.3 Å². The van der Waals surface area contributed by atoms with E-state index in [1.807, 2.05) is 24.3 Å². The van der Waals surface area contributed by atoms with Crippen LogP contribution >= 0.6 is 0 Å². The predicted molar refractivity (Wildman–Crippen MR) is 101 cm³/mol. The van der Waals surface area contributed by atoms with Crippen molar-refractivity contribution in [1.29, 1.82) is 0 Å². The van der Waals surface area contributed by atoms with Crippen molar-refractivity contribution in [3.05, 3.63) is 60.6 Å². The summed E-state index contributed by atoms with van der Waals surface area (Å²) in [7, 11) is 0. The van der Waals surface area contributed by atoms with Gasteiger partial charge in [-0.25, -0.2) is 15.0 Å². The van der Waals surface area contributed by atoms with Crippen LogP contribution in [-0.4, -0.2) is 32.1 Å². The summed E-state index contributed by atoms with van der Waals surface area (Å²) in [5, 5.41) is 3.09. The van der Waals surface area contributed by atoms with Crippen LogP contribution in [0.2, 0.25) is 0 Å². The second-order valence-electron chi connectivity index (χ2n) is 6.08. The fourth-order valence-corrected chi connectivity index (χ4v) is 3.02. The Hall–Kier alpha value is -4.14. The van der Waals surface area contributed by atoms with Gasteiger partial charge in [0, 0.05) is 30.2 Å². The number of hydrogen-bond acceptors (Lipinski definition) is 7. The Morgan fingerprint density at radius 1 is 1.11 bits per heavy atom. The highest BCUT2D eigenvalue weighted by Crippen LogP contribution is 2.36. The summed E-state index contributed by atoms with van der Waals surface area (Å²) in [4.78, 5) is 25.0. The molecule has 0 radical (unpaired) electrons. The van der Waals surface area contributed by atoms with Gasteiger partial charge in [-0.05, 0) is 30.3 Å². The van der Waals surface area contributed by atoms with Crippen molar-refractivity contribution in [2.45, 2.75) is 0 Å². The number of nitrogens with zero attached hydrogens (tertiary/aromatic N) is 4. The molecule has 0 aliphatic carbocycles. The molecule has 0 unspecified atom stereocenters. The fraction of sp³-hybridized carbons (Fsp3) is 0.0526. The van der Waals surface area contributed by atoms with Gasteiger partial charge in [0.25, 0.3) is 5.91 Å². The van der Waals surface area contributed by atoms with Crippen LogP contribution in [0.3, 0.4) is 0 Å². The highest BCUT2D eigenvalue weighted by molar-refractivity contribution is 5.98. The molecule has 0 spiro atoms. The molecule has 3 N–H and O–H groups in total. The molecule has 9 nitrogen and oxygen atoms in total. The summed E-state index contributed by atoms with van der Waals surface area (Å²) in [5.41, 5.74) is 7.92. The monoisotopic (exact) mass is 374 g/mol. The topological polar surface area (TPSA) is 117 Å². The first kappa shape index (κ1) is 16.1. The molecule has 1 amide bonds. The zero-order valence-corrected chi connectivity index (χ0v) is 14.5. The average molecular weight is 374 g/mol. The minimum absolute atomic E-state index is 0.202. The number of fused-ring (bicyclic) bond motifs is 2. The number of primary amides is 1. The number of carbonyl (C=O) groups excluding carboxylic acids is 1. The van der Waals surface area contributed by atoms with Crippen molar-refractivity contribution in [2.75, 3.05) is 12.1 Å². The molecule has 3 aromatic heterocycles. The summed E-state index contributed by atoms with van der Waals surface area (Å²) < 4.78 is 12.6. The van der Waals surface area contributed by atoms with Crippen LogP contribution in [0.25, 0.3) is 16.9 Å². The van der Waals surface area contributed by atoms with E-state index in [0.717, 1.165) is 5.56 Å². The molecular formula is C19H14N6O3. The average Bonchev–Trinajstić information content (AvgIpc) is 3.36.